The average Bonchev–Trinajstić information content (AvgIpc) is 2.31. The van der Waals surface area contributed by atoms with Crippen LogP contribution in [0.5, 0.6) is 0 Å². The minimum Gasteiger partial charge on any atom is -0.352 e. The molecule has 1 aliphatic rings. The van der Waals surface area contributed by atoms with Crippen molar-refractivity contribution in [2.75, 3.05) is 7.05 Å². The first-order chi connectivity index (χ1) is 9.10. The second-order valence-corrected chi connectivity index (χ2v) is 7.41. The van der Waals surface area contributed by atoms with Crippen LogP contribution < -0.4 is 5.32 Å². The molecule has 20 heavy (non-hydrogen) atoms. The van der Waals surface area contributed by atoms with Crippen LogP contribution >= 0.6 is 0 Å². The minimum absolute atomic E-state index is 0.0550. The molecule has 0 radical (unpaired) electrons. The van der Waals surface area contributed by atoms with Gasteiger partial charge >= 0.3 is 0 Å². The molecule has 1 rings (SSSR count). The van der Waals surface area contributed by atoms with Gasteiger partial charge in [0.1, 0.15) is 5.72 Å². The first-order valence-electron chi connectivity index (χ1n) is 7.75. The van der Waals surface area contributed by atoms with E-state index >= 15 is 0 Å². The molecule has 1 N–H and O–H groups in total. The van der Waals surface area contributed by atoms with Crippen molar-refractivity contribution in [1.82, 2.24) is 10.2 Å². The number of amides is 1. The molecule has 1 amide bonds. The van der Waals surface area contributed by atoms with Gasteiger partial charge in [-0.25, -0.2) is 0 Å². The van der Waals surface area contributed by atoms with Gasteiger partial charge < -0.3 is 15.0 Å². The second kappa shape index (κ2) is 6.02. The summed E-state index contributed by atoms with van der Waals surface area (Å²) in [4.78, 5) is 12.9. The summed E-state index contributed by atoms with van der Waals surface area (Å²) in [5, 5.41) is 3.66. The summed E-state index contributed by atoms with van der Waals surface area (Å²) in [5.74, 6) is 0. The smallest absolute Gasteiger partial charge is 0.211 e. The van der Waals surface area contributed by atoms with Gasteiger partial charge in [-0.1, -0.05) is 13.8 Å². The summed E-state index contributed by atoms with van der Waals surface area (Å²) in [7, 11) is 1.82. The van der Waals surface area contributed by atoms with E-state index < -0.39 is 5.72 Å². The van der Waals surface area contributed by atoms with Crippen molar-refractivity contribution >= 4 is 6.41 Å². The van der Waals surface area contributed by atoms with E-state index in [1.807, 2.05) is 7.05 Å². The Balaban J connectivity index is 2.91. The molecular formula is C16H32N2O2. The number of nitrogens with zero attached hydrogens (tertiary/aromatic N) is 1. The Morgan fingerprint density at radius 1 is 1.20 bits per heavy atom. The quantitative estimate of drug-likeness (QED) is 0.602. The number of carbonyl (C=O) groups excluding carboxylic acids is 1. The summed E-state index contributed by atoms with van der Waals surface area (Å²) in [6, 6.07) is 0. The minimum atomic E-state index is -0.476. The van der Waals surface area contributed by atoms with Gasteiger partial charge in [0.05, 0.1) is 6.10 Å². The molecule has 0 aromatic heterocycles. The van der Waals surface area contributed by atoms with Crippen molar-refractivity contribution in [1.29, 1.82) is 0 Å². The Morgan fingerprint density at radius 2 is 1.65 bits per heavy atom. The van der Waals surface area contributed by atoms with Crippen LogP contribution in [0.2, 0.25) is 0 Å². The molecule has 1 fully saturated rings. The fourth-order valence-electron chi connectivity index (χ4n) is 3.72. The van der Waals surface area contributed by atoms with Crippen LogP contribution in [0.25, 0.3) is 0 Å². The molecule has 4 heteroatoms. The highest BCUT2D eigenvalue weighted by Crippen LogP contribution is 2.35. The molecule has 0 aromatic rings. The van der Waals surface area contributed by atoms with Gasteiger partial charge in [-0.3, -0.25) is 4.79 Å². The summed E-state index contributed by atoms with van der Waals surface area (Å²) < 4.78 is 6.46. The number of hydrogen-bond donors (Lipinski definition) is 1. The van der Waals surface area contributed by atoms with Gasteiger partial charge in [0, 0.05) is 18.1 Å². The zero-order valence-electron chi connectivity index (χ0n) is 14.2. The van der Waals surface area contributed by atoms with E-state index in [9.17, 15) is 4.79 Å². The number of carbonyl (C=O) groups is 1. The molecule has 0 aromatic carbocycles. The summed E-state index contributed by atoms with van der Waals surface area (Å²) >= 11 is 0. The maximum Gasteiger partial charge on any atom is 0.211 e. The Bertz CT molecular complexity index is 319. The van der Waals surface area contributed by atoms with E-state index in [2.05, 4.69) is 46.9 Å². The van der Waals surface area contributed by atoms with Gasteiger partial charge in [0.25, 0.3) is 0 Å². The zero-order chi connectivity index (χ0) is 15.6. The van der Waals surface area contributed by atoms with E-state index in [1.165, 1.54) is 0 Å². The van der Waals surface area contributed by atoms with Crippen LogP contribution in [0.3, 0.4) is 0 Å². The molecular weight excluding hydrogens is 252 g/mol. The topological polar surface area (TPSA) is 41.6 Å². The lowest BCUT2D eigenvalue weighted by Crippen LogP contribution is -2.61. The Kier molecular flexibility index (Phi) is 5.25. The molecule has 118 valence electrons. The van der Waals surface area contributed by atoms with Gasteiger partial charge in [0.2, 0.25) is 6.41 Å². The van der Waals surface area contributed by atoms with Crippen LogP contribution in [0.1, 0.15) is 67.2 Å². The molecule has 0 atom stereocenters. The summed E-state index contributed by atoms with van der Waals surface area (Å²) in [6.07, 6.45) is 4.59. The van der Waals surface area contributed by atoms with Gasteiger partial charge in [-0.15, -0.1) is 0 Å². The number of rotatable bonds is 6. The Morgan fingerprint density at radius 3 is 2.00 bits per heavy atom. The van der Waals surface area contributed by atoms with E-state index in [0.717, 1.165) is 32.1 Å². The molecule has 0 spiro atoms. The largest absolute Gasteiger partial charge is 0.352 e. The second-order valence-electron chi connectivity index (χ2n) is 7.41. The first-order valence-corrected chi connectivity index (χ1v) is 7.75. The highest BCUT2D eigenvalue weighted by molar-refractivity contribution is 5.47. The highest BCUT2D eigenvalue weighted by Gasteiger charge is 2.42. The number of ether oxygens (including phenoxy) is 1. The molecule has 0 unspecified atom stereocenters. The van der Waals surface area contributed by atoms with Gasteiger partial charge in [-0.2, -0.15) is 0 Å². The summed E-state index contributed by atoms with van der Waals surface area (Å²) in [5.41, 5.74) is -0.366. The van der Waals surface area contributed by atoms with Crippen LogP contribution in [0.15, 0.2) is 0 Å². The van der Waals surface area contributed by atoms with Crippen LogP contribution in [-0.4, -0.2) is 41.3 Å². The predicted octanol–water partition coefficient (Wildman–Crippen LogP) is 2.92. The van der Waals surface area contributed by atoms with Crippen molar-refractivity contribution < 1.29 is 9.53 Å². The standard InChI is InChI=1S/C16H32N2O2/c1-8-16(9-2,18(7)12-19)20-13-10-14(3,4)17-15(5,6)11-13/h12-13,17H,8-11H2,1-7H3. The molecule has 1 aliphatic heterocycles. The fraction of sp³-hybridized carbons (Fsp3) is 0.938. The lowest BCUT2D eigenvalue weighted by Gasteiger charge is -2.50. The van der Waals surface area contributed by atoms with E-state index in [4.69, 9.17) is 4.74 Å². The third-order valence-corrected chi connectivity index (χ3v) is 4.44. The molecule has 0 saturated carbocycles. The third-order valence-electron chi connectivity index (χ3n) is 4.44. The molecule has 0 bridgehead atoms. The normalized spacial score (nSPS) is 22.6. The van der Waals surface area contributed by atoms with Crippen molar-refractivity contribution in [3.8, 4) is 0 Å². The predicted molar refractivity (Wildman–Crippen MR) is 82.5 cm³/mol. The van der Waals surface area contributed by atoms with Crippen molar-refractivity contribution in [2.45, 2.75) is 90.1 Å². The van der Waals surface area contributed by atoms with Crippen molar-refractivity contribution in [3.05, 3.63) is 0 Å². The molecule has 0 aliphatic carbocycles. The fourth-order valence-corrected chi connectivity index (χ4v) is 3.72. The van der Waals surface area contributed by atoms with Crippen molar-refractivity contribution in [3.63, 3.8) is 0 Å². The van der Waals surface area contributed by atoms with E-state index in [-0.39, 0.29) is 17.2 Å². The monoisotopic (exact) mass is 284 g/mol. The Labute approximate surface area is 124 Å². The lowest BCUT2D eigenvalue weighted by molar-refractivity contribution is -0.197. The van der Waals surface area contributed by atoms with Crippen LogP contribution in [0, 0.1) is 0 Å². The average molecular weight is 284 g/mol. The molecule has 1 heterocycles. The summed E-state index contributed by atoms with van der Waals surface area (Å²) in [6.45, 7) is 13.0. The van der Waals surface area contributed by atoms with Gasteiger partial charge in [0.15, 0.2) is 0 Å². The van der Waals surface area contributed by atoms with E-state index in [0.29, 0.717) is 0 Å². The highest BCUT2D eigenvalue weighted by atomic mass is 16.5. The lowest BCUT2D eigenvalue weighted by atomic mass is 9.80. The zero-order valence-corrected chi connectivity index (χ0v) is 14.2. The Hall–Kier alpha value is -0.610. The number of nitrogens with one attached hydrogen (secondary N) is 1. The van der Waals surface area contributed by atoms with Gasteiger partial charge in [-0.05, 0) is 53.4 Å². The van der Waals surface area contributed by atoms with E-state index in [1.54, 1.807) is 4.90 Å². The third kappa shape index (κ3) is 3.95. The number of piperidine rings is 1. The molecule has 1 saturated heterocycles. The SMILES string of the molecule is CCC(CC)(OC1CC(C)(C)NC(C)(C)C1)N(C)C=O. The number of hydrogen-bond acceptors (Lipinski definition) is 3. The first kappa shape index (κ1) is 17.4. The molecule has 4 nitrogen and oxygen atoms in total. The van der Waals surface area contributed by atoms with Crippen molar-refractivity contribution in [2.24, 2.45) is 0 Å². The maximum absolute atomic E-state index is 11.2. The van der Waals surface area contributed by atoms with Crippen LogP contribution in [0.4, 0.5) is 0 Å². The maximum atomic E-state index is 11.2. The van der Waals surface area contributed by atoms with Crippen LogP contribution in [-0.2, 0) is 9.53 Å².